The summed E-state index contributed by atoms with van der Waals surface area (Å²) in [5.74, 6) is -2.27. The van der Waals surface area contributed by atoms with Crippen molar-refractivity contribution in [3.05, 3.63) is 40.5 Å². The second-order valence-corrected chi connectivity index (χ2v) is 9.57. The Morgan fingerprint density at radius 2 is 1.91 bits per heavy atom. The zero-order valence-corrected chi connectivity index (χ0v) is 18.5. The number of hydrogen-bond acceptors (Lipinski definition) is 9. The molecule has 5 atom stereocenters. The molecular weight excluding hydrogens is 519 g/mol. The number of benzene rings is 1. The molecule has 1 saturated heterocycles. The van der Waals surface area contributed by atoms with Crippen molar-refractivity contribution in [1.82, 2.24) is 18.7 Å². The Bertz CT molecular complexity index is 1330. The number of aliphatic hydroxyl groups is 3. The van der Waals surface area contributed by atoms with Gasteiger partial charge in [-0.15, -0.1) is 5.10 Å². The van der Waals surface area contributed by atoms with E-state index in [1.165, 1.54) is 19.1 Å². The monoisotopic (exact) mass is 534 g/mol. The summed E-state index contributed by atoms with van der Waals surface area (Å²) in [5.41, 5.74) is 0.254. The highest BCUT2D eigenvalue weighted by Crippen LogP contribution is 2.34. The molecule has 1 aliphatic rings. The van der Waals surface area contributed by atoms with Crippen molar-refractivity contribution in [2.24, 2.45) is 0 Å². The second kappa shape index (κ2) is 7.86. The smallest absolute Gasteiger partial charge is 0.335 e. The largest absolute Gasteiger partial charge is 0.479 e. The number of halogens is 2. The van der Waals surface area contributed by atoms with Crippen LogP contribution < -0.4 is 0 Å². The standard InChI is InChI=1S/C17H16BrFN4O8S/c1-6-10(18)8-3-2-7(19)4-9(8)23(6)32(29,30)17-20-5-22(21-17)15-13(26)11(24)12(25)14(31-15)16(27)28/h2-5,11-15,24-26H,1H3,(H,27,28). The Kier molecular flexibility index (Phi) is 5.59. The molecule has 1 aromatic carbocycles. The van der Waals surface area contributed by atoms with Gasteiger partial charge < -0.3 is 25.2 Å². The lowest BCUT2D eigenvalue weighted by molar-refractivity contribution is -0.249. The van der Waals surface area contributed by atoms with Gasteiger partial charge >= 0.3 is 16.0 Å². The molecule has 0 saturated carbocycles. The number of nitrogens with zero attached hydrogens (tertiary/aromatic N) is 4. The maximum absolute atomic E-state index is 13.8. The van der Waals surface area contributed by atoms with Crippen LogP contribution in [0.3, 0.4) is 0 Å². The molecule has 1 fully saturated rings. The van der Waals surface area contributed by atoms with Crippen LogP contribution in [0.4, 0.5) is 4.39 Å². The minimum atomic E-state index is -4.47. The van der Waals surface area contributed by atoms with Gasteiger partial charge in [-0.05, 0) is 41.1 Å². The highest BCUT2D eigenvalue weighted by molar-refractivity contribution is 9.10. The van der Waals surface area contributed by atoms with Gasteiger partial charge in [-0.3, -0.25) is 0 Å². The summed E-state index contributed by atoms with van der Waals surface area (Å²) >= 11 is 3.29. The van der Waals surface area contributed by atoms with Gasteiger partial charge in [-0.25, -0.2) is 22.8 Å². The molecule has 5 unspecified atom stereocenters. The molecule has 15 heteroatoms. The fourth-order valence-electron chi connectivity index (χ4n) is 3.50. The molecule has 3 heterocycles. The van der Waals surface area contributed by atoms with E-state index in [9.17, 15) is 32.9 Å². The second-order valence-electron chi connectivity index (χ2n) is 7.09. The maximum atomic E-state index is 13.8. The normalized spacial score (nSPS) is 26.5. The number of aliphatic carboxylic acids is 1. The number of hydrogen-bond donors (Lipinski definition) is 4. The van der Waals surface area contributed by atoms with Crippen molar-refractivity contribution in [3.8, 4) is 0 Å². The average Bonchev–Trinajstić information content (AvgIpc) is 3.30. The SMILES string of the molecule is Cc1c(Br)c2ccc(F)cc2n1S(=O)(=O)c1ncn(C2OC(C(=O)O)C(O)C(O)C2O)n1. The van der Waals surface area contributed by atoms with Crippen molar-refractivity contribution >= 4 is 42.8 Å². The van der Waals surface area contributed by atoms with E-state index >= 15 is 0 Å². The number of aliphatic hydroxyl groups excluding tert-OH is 3. The van der Waals surface area contributed by atoms with Crippen LogP contribution in [-0.2, 0) is 19.6 Å². The number of carbonyl (C=O) groups is 1. The van der Waals surface area contributed by atoms with Crippen LogP contribution in [0.1, 0.15) is 11.9 Å². The van der Waals surface area contributed by atoms with Gasteiger partial charge in [0.1, 0.15) is 30.5 Å². The number of carboxylic acid groups (broad SMARTS) is 1. The predicted molar refractivity (Wildman–Crippen MR) is 107 cm³/mol. The summed E-state index contributed by atoms with van der Waals surface area (Å²) in [6, 6.07) is 3.62. The van der Waals surface area contributed by atoms with Crippen molar-refractivity contribution in [3.63, 3.8) is 0 Å². The Balaban J connectivity index is 1.77. The van der Waals surface area contributed by atoms with E-state index in [-0.39, 0.29) is 11.2 Å². The van der Waals surface area contributed by atoms with Gasteiger partial charge in [0.2, 0.25) is 0 Å². The fourth-order valence-corrected chi connectivity index (χ4v) is 5.53. The Morgan fingerprint density at radius 1 is 1.22 bits per heavy atom. The molecule has 1 aliphatic heterocycles. The first-order valence-corrected chi connectivity index (χ1v) is 11.2. The summed E-state index contributed by atoms with van der Waals surface area (Å²) in [5, 5.41) is 42.6. The molecule has 0 bridgehead atoms. The minimum absolute atomic E-state index is 0.0316. The van der Waals surface area contributed by atoms with Gasteiger partial charge in [0.15, 0.2) is 12.3 Å². The van der Waals surface area contributed by atoms with Gasteiger partial charge in [0, 0.05) is 15.6 Å². The minimum Gasteiger partial charge on any atom is -0.479 e. The molecule has 32 heavy (non-hydrogen) atoms. The van der Waals surface area contributed by atoms with Crippen LogP contribution in [0.2, 0.25) is 0 Å². The van der Waals surface area contributed by atoms with Crippen molar-refractivity contribution in [2.75, 3.05) is 0 Å². The molecule has 4 rings (SSSR count). The molecule has 2 aromatic heterocycles. The lowest BCUT2D eigenvalue weighted by atomic mass is 9.98. The highest BCUT2D eigenvalue weighted by atomic mass is 79.9. The van der Waals surface area contributed by atoms with E-state index in [1.807, 2.05) is 0 Å². The summed E-state index contributed by atoms with van der Waals surface area (Å²) < 4.78 is 47.4. The third-order valence-electron chi connectivity index (χ3n) is 5.09. The van der Waals surface area contributed by atoms with Crippen molar-refractivity contribution in [2.45, 2.75) is 42.7 Å². The summed E-state index contributed by atoms with van der Waals surface area (Å²) in [7, 11) is -4.47. The van der Waals surface area contributed by atoms with E-state index in [0.29, 0.717) is 9.86 Å². The van der Waals surface area contributed by atoms with Crippen molar-refractivity contribution < 1.29 is 42.8 Å². The number of fused-ring (bicyclic) bond motifs is 1. The lowest BCUT2D eigenvalue weighted by Crippen LogP contribution is -2.57. The van der Waals surface area contributed by atoms with E-state index in [0.717, 1.165) is 21.0 Å². The maximum Gasteiger partial charge on any atom is 0.335 e. The molecule has 3 aromatic rings. The summed E-state index contributed by atoms with van der Waals surface area (Å²) in [4.78, 5) is 15.0. The molecule has 12 nitrogen and oxygen atoms in total. The van der Waals surface area contributed by atoms with Crippen molar-refractivity contribution in [1.29, 1.82) is 0 Å². The average molecular weight is 535 g/mol. The molecule has 0 aliphatic carbocycles. The van der Waals surface area contributed by atoms with Crippen LogP contribution in [0, 0.1) is 12.7 Å². The van der Waals surface area contributed by atoms with E-state index in [2.05, 4.69) is 26.0 Å². The lowest BCUT2D eigenvalue weighted by Gasteiger charge is -2.38. The van der Waals surface area contributed by atoms with E-state index in [1.54, 1.807) is 0 Å². The zero-order chi connectivity index (χ0) is 23.5. The van der Waals surface area contributed by atoms with Crippen LogP contribution in [-0.4, -0.2) is 78.0 Å². The number of carboxylic acids is 1. The Labute approximate surface area is 187 Å². The van der Waals surface area contributed by atoms with Gasteiger partial charge in [0.25, 0.3) is 5.16 Å². The molecule has 172 valence electrons. The van der Waals surface area contributed by atoms with E-state index in [4.69, 9.17) is 9.84 Å². The summed E-state index contributed by atoms with van der Waals surface area (Å²) in [6.07, 6.45) is -8.37. The first-order chi connectivity index (χ1) is 14.9. The van der Waals surface area contributed by atoms with Crippen LogP contribution in [0.15, 0.2) is 34.2 Å². The number of rotatable bonds is 4. The molecule has 0 radical (unpaired) electrons. The van der Waals surface area contributed by atoms with Gasteiger partial charge in [-0.2, -0.15) is 8.42 Å². The zero-order valence-electron chi connectivity index (χ0n) is 16.1. The third kappa shape index (κ3) is 3.41. The Hall–Kier alpha value is -2.43. The quantitative estimate of drug-likeness (QED) is 0.348. The topological polar surface area (TPSA) is 177 Å². The Morgan fingerprint density at radius 3 is 2.56 bits per heavy atom. The van der Waals surface area contributed by atoms with Crippen LogP contribution >= 0.6 is 15.9 Å². The van der Waals surface area contributed by atoms with Gasteiger partial charge in [0.05, 0.1) is 5.52 Å². The highest BCUT2D eigenvalue weighted by Gasteiger charge is 2.48. The van der Waals surface area contributed by atoms with E-state index < -0.39 is 57.6 Å². The number of aromatic nitrogens is 4. The van der Waals surface area contributed by atoms with Gasteiger partial charge in [-0.1, -0.05) is 0 Å². The predicted octanol–water partition coefficient (Wildman–Crippen LogP) is -0.255. The molecule has 0 spiro atoms. The molecule has 0 amide bonds. The first-order valence-electron chi connectivity index (χ1n) is 9.00. The molecule has 4 N–H and O–H groups in total. The van der Waals surface area contributed by atoms with Crippen LogP contribution in [0.25, 0.3) is 10.9 Å². The third-order valence-corrected chi connectivity index (χ3v) is 7.69. The fraction of sp³-hybridized carbons (Fsp3) is 0.353. The molecular formula is C17H16BrFN4O8S. The summed E-state index contributed by atoms with van der Waals surface area (Å²) in [6.45, 7) is 1.49. The number of ether oxygens (including phenoxy) is 1. The van der Waals surface area contributed by atoms with Crippen LogP contribution in [0.5, 0.6) is 0 Å². The first kappa shape index (κ1) is 22.8.